The molecular weight excluding hydrogens is 307 g/mol. The molecule has 3 nitrogen and oxygen atoms in total. The summed E-state index contributed by atoms with van der Waals surface area (Å²) in [5.41, 5.74) is 6.79. The Hall–Kier alpha value is -1.42. The molecule has 0 saturated heterocycles. The molecule has 0 aliphatic carbocycles. The van der Waals surface area contributed by atoms with Gasteiger partial charge in [-0.2, -0.15) is 0 Å². The topological polar surface area (TPSA) is 55.1 Å². The molecule has 0 atom stereocenters. The number of carbonyl (C=O) groups is 1. The van der Waals surface area contributed by atoms with Gasteiger partial charge in [0.2, 0.25) is 0 Å². The number of anilines is 2. The number of amides is 1. The molecule has 0 heterocycles. The zero-order chi connectivity index (χ0) is 14.0. The third kappa shape index (κ3) is 3.13. The predicted molar refractivity (Wildman–Crippen MR) is 80.3 cm³/mol. The van der Waals surface area contributed by atoms with Crippen LogP contribution in [-0.4, -0.2) is 5.91 Å². The summed E-state index contributed by atoms with van der Waals surface area (Å²) in [4.78, 5) is 12.1. The van der Waals surface area contributed by atoms with Gasteiger partial charge in [-0.15, -0.1) is 0 Å². The second kappa shape index (κ2) is 5.70. The Morgan fingerprint density at radius 1 is 1.00 bits per heavy atom. The van der Waals surface area contributed by atoms with Crippen LogP contribution in [0.4, 0.5) is 11.4 Å². The maximum atomic E-state index is 12.1. The first-order valence-corrected chi connectivity index (χ1v) is 6.43. The number of hydrogen-bond donors (Lipinski definition) is 2. The van der Waals surface area contributed by atoms with Crippen molar-refractivity contribution in [2.24, 2.45) is 0 Å². The first-order valence-electron chi connectivity index (χ1n) is 5.29. The lowest BCUT2D eigenvalue weighted by Gasteiger charge is -2.09. The van der Waals surface area contributed by atoms with E-state index in [9.17, 15) is 4.79 Å². The maximum absolute atomic E-state index is 12.1. The van der Waals surface area contributed by atoms with Gasteiger partial charge in [-0.3, -0.25) is 4.79 Å². The molecule has 0 aliphatic heterocycles. The molecular formula is C13H9Cl3N2O. The second-order valence-corrected chi connectivity index (χ2v) is 5.01. The molecule has 2 aromatic carbocycles. The lowest BCUT2D eigenvalue weighted by molar-refractivity contribution is 0.102. The number of rotatable bonds is 2. The second-order valence-electron chi connectivity index (χ2n) is 3.79. The van der Waals surface area contributed by atoms with Gasteiger partial charge in [-0.1, -0.05) is 40.9 Å². The van der Waals surface area contributed by atoms with Crippen LogP contribution in [-0.2, 0) is 0 Å². The Balaban J connectivity index is 2.28. The van der Waals surface area contributed by atoms with Crippen LogP contribution in [0.15, 0.2) is 36.4 Å². The number of halogens is 3. The van der Waals surface area contributed by atoms with E-state index in [0.29, 0.717) is 21.4 Å². The summed E-state index contributed by atoms with van der Waals surface area (Å²) >= 11 is 17.6. The minimum absolute atomic E-state index is 0.232. The van der Waals surface area contributed by atoms with E-state index in [-0.39, 0.29) is 10.6 Å². The van der Waals surface area contributed by atoms with Gasteiger partial charge >= 0.3 is 0 Å². The monoisotopic (exact) mass is 314 g/mol. The summed E-state index contributed by atoms with van der Waals surface area (Å²) in [7, 11) is 0. The normalized spacial score (nSPS) is 10.3. The fourth-order valence-corrected chi connectivity index (χ4v) is 2.11. The standard InChI is InChI=1S/C13H9Cl3N2O/c14-8-5-4-7(6-10(8)16)18-13(19)12-9(15)2-1-3-11(12)17/h1-6H,17H2,(H,18,19). The predicted octanol–water partition coefficient (Wildman–Crippen LogP) is 4.48. The van der Waals surface area contributed by atoms with Gasteiger partial charge in [0.1, 0.15) is 0 Å². The van der Waals surface area contributed by atoms with Crippen molar-refractivity contribution in [1.29, 1.82) is 0 Å². The van der Waals surface area contributed by atoms with Crippen LogP contribution < -0.4 is 11.1 Å². The molecule has 0 fully saturated rings. The lowest BCUT2D eigenvalue weighted by atomic mass is 10.1. The molecule has 1 amide bonds. The average Bonchev–Trinajstić information content (AvgIpc) is 2.33. The zero-order valence-corrected chi connectivity index (χ0v) is 11.9. The molecule has 0 radical (unpaired) electrons. The highest BCUT2D eigenvalue weighted by Gasteiger charge is 2.14. The highest BCUT2D eigenvalue weighted by molar-refractivity contribution is 6.42. The average molecular weight is 316 g/mol. The van der Waals surface area contributed by atoms with Crippen LogP contribution in [0.2, 0.25) is 15.1 Å². The molecule has 0 saturated carbocycles. The number of nitrogens with two attached hydrogens (primary N) is 1. The summed E-state index contributed by atoms with van der Waals surface area (Å²) in [6.45, 7) is 0. The van der Waals surface area contributed by atoms with E-state index in [0.717, 1.165) is 0 Å². The summed E-state index contributed by atoms with van der Waals surface area (Å²) in [5, 5.41) is 3.72. The van der Waals surface area contributed by atoms with Gasteiger partial charge in [0.05, 0.1) is 20.6 Å². The summed E-state index contributed by atoms with van der Waals surface area (Å²) in [5.74, 6) is -0.401. The Kier molecular flexibility index (Phi) is 4.20. The molecule has 0 spiro atoms. The summed E-state index contributed by atoms with van der Waals surface area (Å²) < 4.78 is 0. The SMILES string of the molecule is Nc1cccc(Cl)c1C(=O)Nc1ccc(Cl)c(Cl)c1. The number of benzene rings is 2. The van der Waals surface area contributed by atoms with Crippen LogP contribution in [0.3, 0.4) is 0 Å². The van der Waals surface area contributed by atoms with Crippen LogP contribution in [0.5, 0.6) is 0 Å². The van der Waals surface area contributed by atoms with Gasteiger partial charge in [0.15, 0.2) is 0 Å². The van der Waals surface area contributed by atoms with E-state index in [1.54, 1.807) is 36.4 Å². The van der Waals surface area contributed by atoms with Crippen molar-refractivity contribution in [3.8, 4) is 0 Å². The van der Waals surface area contributed by atoms with Crippen LogP contribution >= 0.6 is 34.8 Å². The van der Waals surface area contributed by atoms with Gasteiger partial charge in [0.25, 0.3) is 5.91 Å². The van der Waals surface area contributed by atoms with E-state index < -0.39 is 5.91 Å². The van der Waals surface area contributed by atoms with Crippen LogP contribution in [0.1, 0.15) is 10.4 Å². The third-order valence-electron chi connectivity index (χ3n) is 2.45. The van der Waals surface area contributed by atoms with Gasteiger partial charge in [0, 0.05) is 11.4 Å². The quantitative estimate of drug-likeness (QED) is 0.803. The van der Waals surface area contributed by atoms with E-state index in [2.05, 4.69) is 5.32 Å². The minimum atomic E-state index is -0.401. The Morgan fingerprint density at radius 2 is 1.74 bits per heavy atom. The lowest BCUT2D eigenvalue weighted by Crippen LogP contribution is -2.14. The maximum Gasteiger partial charge on any atom is 0.259 e. The van der Waals surface area contributed by atoms with Gasteiger partial charge < -0.3 is 11.1 Å². The molecule has 2 rings (SSSR count). The Labute approximate surface area is 125 Å². The number of nitrogen functional groups attached to an aromatic ring is 1. The zero-order valence-electron chi connectivity index (χ0n) is 9.58. The first kappa shape index (κ1) is 14.0. The van der Waals surface area contributed by atoms with Crippen molar-refractivity contribution in [2.75, 3.05) is 11.1 Å². The number of nitrogens with one attached hydrogen (secondary N) is 1. The molecule has 0 unspecified atom stereocenters. The van der Waals surface area contributed by atoms with Crippen molar-refractivity contribution < 1.29 is 4.79 Å². The van der Waals surface area contributed by atoms with E-state index in [1.165, 1.54) is 0 Å². The highest BCUT2D eigenvalue weighted by Crippen LogP contribution is 2.27. The van der Waals surface area contributed by atoms with Gasteiger partial charge in [-0.25, -0.2) is 0 Å². The summed E-state index contributed by atoms with van der Waals surface area (Å²) in [6.07, 6.45) is 0. The van der Waals surface area contributed by atoms with E-state index in [1.807, 2.05) is 0 Å². The van der Waals surface area contributed by atoms with Gasteiger partial charge in [-0.05, 0) is 30.3 Å². The molecule has 98 valence electrons. The van der Waals surface area contributed by atoms with Crippen molar-refractivity contribution in [1.82, 2.24) is 0 Å². The van der Waals surface area contributed by atoms with Crippen molar-refractivity contribution in [3.63, 3.8) is 0 Å². The summed E-state index contributed by atoms with van der Waals surface area (Å²) in [6, 6.07) is 9.66. The van der Waals surface area contributed by atoms with Crippen LogP contribution in [0, 0.1) is 0 Å². The third-order valence-corrected chi connectivity index (χ3v) is 3.50. The Morgan fingerprint density at radius 3 is 2.37 bits per heavy atom. The molecule has 0 bridgehead atoms. The van der Waals surface area contributed by atoms with Crippen LogP contribution in [0.25, 0.3) is 0 Å². The molecule has 19 heavy (non-hydrogen) atoms. The highest BCUT2D eigenvalue weighted by atomic mass is 35.5. The number of carbonyl (C=O) groups excluding carboxylic acids is 1. The first-order chi connectivity index (χ1) is 8.99. The molecule has 0 aliphatic rings. The fraction of sp³-hybridized carbons (Fsp3) is 0. The largest absolute Gasteiger partial charge is 0.398 e. The molecule has 3 N–H and O–H groups in total. The Bertz CT molecular complexity index is 624. The fourth-order valence-electron chi connectivity index (χ4n) is 1.55. The molecule has 0 aromatic heterocycles. The van der Waals surface area contributed by atoms with Crippen molar-refractivity contribution in [2.45, 2.75) is 0 Å². The molecule has 6 heteroatoms. The molecule has 2 aromatic rings. The number of hydrogen-bond acceptors (Lipinski definition) is 2. The van der Waals surface area contributed by atoms with Crippen molar-refractivity contribution >= 4 is 52.1 Å². The minimum Gasteiger partial charge on any atom is -0.398 e. The van der Waals surface area contributed by atoms with E-state index >= 15 is 0 Å². The smallest absolute Gasteiger partial charge is 0.259 e. The van der Waals surface area contributed by atoms with Crippen molar-refractivity contribution in [3.05, 3.63) is 57.0 Å². The van der Waals surface area contributed by atoms with E-state index in [4.69, 9.17) is 40.5 Å².